The largest absolute Gasteiger partial charge is 0.383 e. The molecule has 1 aliphatic rings. The molecule has 0 bridgehead atoms. The predicted octanol–water partition coefficient (Wildman–Crippen LogP) is 2.15. The first kappa shape index (κ1) is 19.9. The topological polar surface area (TPSA) is 54.9 Å². The minimum atomic E-state index is 0. The van der Waals surface area contributed by atoms with E-state index in [-0.39, 0.29) is 30.0 Å². The number of hydrogen-bond donors (Lipinski definition) is 2. The van der Waals surface area contributed by atoms with Gasteiger partial charge in [-0.15, -0.1) is 24.0 Å². The third-order valence-electron chi connectivity index (χ3n) is 3.29. The molecule has 1 rings (SSSR count). The third kappa shape index (κ3) is 8.97. The highest BCUT2D eigenvalue weighted by Gasteiger charge is 2.14. The van der Waals surface area contributed by atoms with E-state index in [1.54, 1.807) is 14.2 Å². The van der Waals surface area contributed by atoms with Gasteiger partial charge < -0.3 is 20.1 Å². The van der Waals surface area contributed by atoms with Gasteiger partial charge in [-0.05, 0) is 26.2 Å². The molecule has 2 N–H and O–H groups in total. The lowest BCUT2D eigenvalue weighted by molar-refractivity contribution is 0.0573. The van der Waals surface area contributed by atoms with E-state index in [1.807, 2.05) is 0 Å². The second-order valence-corrected chi connectivity index (χ2v) is 5.13. The van der Waals surface area contributed by atoms with E-state index in [0.717, 1.165) is 25.5 Å². The van der Waals surface area contributed by atoms with E-state index in [4.69, 9.17) is 9.47 Å². The molecule has 0 aromatic carbocycles. The van der Waals surface area contributed by atoms with Gasteiger partial charge >= 0.3 is 0 Å². The fraction of sp³-hybridized carbons (Fsp3) is 0.929. The van der Waals surface area contributed by atoms with Gasteiger partial charge in [0.25, 0.3) is 0 Å². The Balaban J connectivity index is 0.00000361. The van der Waals surface area contributed by atoms with Crippen LogP contribution in [-0.4, -0.2) is 52.0 Å². The van der Waals surface area contributed by atoms with Gasteiger partial charge in [0.15, 0.2) is 5.96 Å². The van der Waals surface area contributed by atoms with Gasteiger partial charge in [0, 0.05) is 33.4 Å². The van der Waals surface area contributed by atoms with Crippen molar-refractivity contribution in [3.8, 4) is 0 Å². The fourth-order valence-corrected chi connectivity index (χ4v) is 2.30. The highest BCUT2D eigenvalue weighted by atomic mass is 127. The number of hydrogen-bond acceptors (Lipinski definition) is 3. The van der Waals surface area contributed by atoms with Gasteiger partial charge in [0.05, 0.1) is 12.7 Å². The van der Waals surface area contributed by atoms with Crippen LogP contribution in [0.3, 0.4) is 0 Å². The van der Waals surface area contributed by atoms with Crippen LogP contribution in [0.2, 0.25) is 0 Å². The van der Waals surface area contributed by atoms with Crippen molar-refractivity contribution in [3.63, 3.8) is 0 Å². The minimum absolute atomic E-state index is 0. The van der Waals surface area contributed by atoms with Crippen molar-refractivity contribution in [1.29, 1.82) is 0 Å². The summed E-state index contributed by atoms with van der Waals surface area (Å²) in [5, 5.41) is 6.56. The van der Waals surface area contributed by atoms with Gasteiger partial charge in [0.1, 0.15) is 0 Å². The molecule has 0 aromatic rings. The van der Waals surface area contributed by atoms with Crippen LogP contribution in [0.25, 0.3) is 0 Å². The molecular weight excluding hydrogens is 369 g/mol. The lowest BCUT2D eigenvalue weighted by Gasteiger charge is -2.17. The zero-order valence-corrected chi connectivity index (χ0v) is 15.3. The summed E-state index contributed by atoms with van der Waals surface area (Å²) in [5.41, 5.74) is 0. The Kier molecular flexibility index (Phi) is 12.6. The van der Waals surface area contributed by atoms with Gasteiger partial charge in [-0.2, -0.15) is 0 Å². The average Bonchev–Trinajstić information content (AvgIpc) is 2.90. The molecule has 0 spiro atoms. The maximum absolute atomic E-state index is 5.82. The molecule has 0 amide bonds. The molecule has 1 fully saturated rings. The molecule has 0 heterocycles. The van der Waals surface area contributed by atoms with E-state index in [9.17, 15) is 0 Å². The fourth-order valence-electron chi connectivity index (χ4n) is 2.30. The summed E-state index contributed by atoms with van der Waals surface area (Å²) >= 11 is 0. The van der Waals surface area contributed by atoms with Crippen molar-refractivity contribution in [1.82, 2.24) is 10.6 Å². The lowest BCUT2D eigenvalue weighted by atomic mass is 10.3. The highest BCUT2D eigenvalue weighted by Crippen LogP contribution is 2.20. The molecular formula is C14H30IN3O2. The molecule has 1 aliphatic carbocycles. The standard InChI is InChI=1S/C14H29N3O2.HI/c1-12(11-18-3)17-14(15-2)16-9-6-10-19-13-7-4-5-8-13;/h12-13H,4-11H2,1-3H3,(H2,15,16,17);1H. The Labute approximate surface area is 140 Å². The van der Waals surface area contributed by atoms with Crippen molar-refractivity contribution in [3.05, 3.63) is 0 Å². The molecule has 0 aliphatic heterocycles. The zero-order chi connectivity index (χ0) is 13.9. The maximum Gasteiger partial charge on any atom is 0.191 e. The molecule has 0 aromatic heterocycles. The predicted molar refractivity (Wildman–Crippen MR) is 94.1 cm³/mol. The molecule has 0 saturated heterocycles. The summed E-state index contributed by atoms with van der Waals surface area (Å²) < 4.78 is 10.9. The van der Waals surface area contributed by atoms with Gasteiger partial charge in [0.2, 0.25) is 0 Å². The molecule has 1 unspecified atom stereocenters. The Hall–Kier alpha value is -0.0800. The molecule has 5 nitrogen and oxygen atoms in total. The first-order valence-electron chi connectivity index (χ1n) is 7.34. The Bertz CT molecular complexity index is 259. The second-order valence-electron chi connectivity index (χ2n) is 5.13. The number of aliphatic imine (C=N–C) groups is 1. The van der Waals surface area contributed by atoms with Gasteiger partial charge in [-0.25, -0.2) is 0 Å². The summed E-state index contributed by atoms with van der Waals surface area (Å²) in [6, 6.07) is 0.255. The average molecular weight is 399 g/mol. The minimum Gasteiger partial charge on any atom is -0.383 e. The van der Waals surface area contributed by atoms with Crippen molar-refractivity contribution >= 4 is 29.9 Å². The first-order chi connectivity index (χ1) is 9.26. The van der Waals surface area contributed by atoms with Crippen LogP contribution in [0.4, 0.5) is 0 Å². The van der Waals surface area contributed by atoms with E-state index < -0.39 is 0 Å². The van der Waals surface area contributed by atoms with Crippen LogP contribution >= 0.6 is 24.0 Å². The first-order valence-corrected chi connectivity index (χ1v) is 7.34. The quantitative estimate of drug-likeness (QED) is 0.284. The zero-order valence-electron chi connectivity index (χ0n) is 13.0. The van der Waals surface area contributed by atoms with Crippen molar-refractivity contribution in [2.75, 3.05) is 33.9 Å². The van der Waals surface area contributed by atoms with Crippen LogP contribution in [0.1, 0.15) is 39.0 Å². The third-order valence-corrected chi connectivity index (χ3v) is 3.29. The van der Waals surface area contributed by atoms with E-state index in [1.165, 1.54) is 25.7 Å². The molecule has 0 radical (unpaired) electrons. The highest BCUT2D eigenvalue weighted by molar-refractivity contribution is 14.0. The van der Waals surface area contributed by atoms with Crippen LogP contribution < -0.4 is 10.6 Å². The van der Waals surface area contributed by atoms with E-state index in [2.05, 4.69) is 22.5 Å². The van der Waals surface area contributed by atoms with Gasteiger partial charge in [-0.1, -0.05) is 12.8 Å². The molecule has 20 heavy (non-hydrogen) atoms. The van der Waals surface area contributed by atoms with Crippen molar-refractivity contribution < 1.29 is 9.47 Å². The number of nitrogens with zero attached hydrogens (tertiary/aromatic N) is 1. The lowest BCUT2D eigenvalue weighted by Crippen LogP contribution is -2.44. The maximum atomic E-state index is 5.82. The number of rotatable bonds is 8. The summed E-state index contributed by atoms with van der Waals surface area (Å²) in [7, 11) is 3.48. The van der Waals surface area contributed by atoms with E-state index >= 15 is 0 Å². The summed E-state index contributed by atoms with van der Waals surface area (Å²) in [6.45, 7) is 4.46. The number of guanidine groups is 1. The Morgan fingerprint density at radius 3 is 2.65 bits per heavy atom. The van der Waals surface area contributed by atoms with Gasteiger partial charge in [-0.3, -0.25) is 4.99 Å². The Morgan fingerprint density at radius 2 is 2.05 bits per heavy atom. The van der Waals surface area contributed by atoms with Crippen molar-refractivity contribution in [2.45, 2.75) is 51.2 Å². The number of methoxy groups -OCH3 is 1. The number of halogens is 1. The van der Waals surface area contributed by atoms with Crippen LogP contribution in [0.5, 0.6) is 0 Å². The Morgan fingerprint density at radius 1 is 1.35 bits per heavy atom. The van der Waals surface area contributed by atoms with Crippen LogP contribution in [-0.2, 0) is 9.47 Å². The molecule has 6 heteroatoms. The monoisotopic (exact) mass is 399 g/mol. The van der Waals surface area contributed by atoms with Crippen LogP contribution in [0.15, 0.2) is 4.99 Å². The van der Waals surface area contributed by atoms with E-state index in [0.29, 0.717) is 12.7 Å². The molecule has 1 saturated carbocycles. The molecule has 1 atom stereocenters. The second kappa shape index (κ2) is 12.6. The van der Waals surface area contributed by atoms with Crippen molar-refractivity contribution in [2.24, 2.45) is 4.99 Å². The summed E-state index contributed by atoms with van der Waals surface area (Å²) in [4.78, 5) is 4.18. The summed E-state index contributed by atoms with van der Waals surface area (Å²) in [5.74, 6) is 0.824. The summed E-state index contributed by atoms with van der Waals surface area (Å²) in [6.07, 6.45) is 6.67. The number of nitrogens with one attached hydrogen (secondary N) is 2. The molecule has 120 valence electrons. The SMILES string of the molecule is CN=C(NCCCOC1CCCC1)NC(C)COC.I. The normalized spacial score (nSPS) is 17.6. The van der Waals surface area contributed by atoms with Crippen LogP contribution in [0, 0.1) is 0 Å². The smallest absolute Gasteiger partial charge is 0.191 e. The number of ether oxygens (including phenoxy) is 2.